The molecule has 74 valence electrons. The first-order chi connectivity index (χ1) is 6.27. The van der Waals surface area contributed by atoms with Gasteiger partial charge < -0.3 is 11.1 Å². The molecule has 0 spiro atoms. The molecule has 0 aromatic heterocycles. The van der Waals surface area contributed by atoms with Crippen LogP contribution in [0.3, 0.4) is 0 Å². The van der Waals surface area contributed by atoms with E-state index in [1.807, 2.05) is 6.92 Å². The summed E-state index contributed by atoms with van der Waals surface area (Å²) in [7, 11) is 0. The third-order valence-electron chi connectivity index (χ3n) is 3.26. The molecule has 0 unspecified atom stereocenters. The lowest BCUT2D eigenvalue weighted by Gasteiger charge is -2.10. The van der Waals surface area contributed by atoms with E-state index in [0.29, 0.717) is 11.4 Å². The van der Waals surface area contributed by atoms with Gasteiger partial charge in [0.1, 0.15) is 0 Å². The first kappa shape index (κ1) is 8.85. The minimum Gasteiger partial charge on any atom is -0.370 e. The molecule has 0 radical (unpaired) electrons. The van der Waals surface area contributed by atoms with Crippen molar-refractivity contribution in [2.75, 3.05) is 13.1 Å². The summed E-state index contributed by atoms with van der Waals surface area (Å²) in [6, 6.07) is 0. The molecular weight excluding hydrogens is 162 g/mol. The lowest BCUT2D eigenvalue weighted by Crippen LogP contribution is -2.32. The molecule has 2 fully saturated rings. The van der Waals surface area contributed by atoms with Crippen molar-refractivity contribution < 1.29 is 0 Å². The van der Waals surface area contributed by atoms with Crippen molar-refractivity contribution in [2.45, 2.75) is 32.6 Å². The van der Waals surface area contributed by atoms with E-state index in [4.69, 9.17) is 5.73 Å². The third-order valence-corrected chi connectivity index (χ3v) is 3.26. The van der Waals surface area contributed by atoms with Gasteiger partial charge in [-0.1, -0.05) is 0 Å². The summed E-state index contributed by atoms with van der Waals surface area (Å²) in [5.74, 6) is 1.60. The molecule has 2 saturated carbocycles. The van der Waals surface area contributed by atoms with Gasteiger partial charge in [0.15, 0.2) is 5.96 Å². The van der Waals surface area contributed by atoms with Crippen LogP contribution in [-0.4, -0.2) is 19.0 Å². The second kappa shape index (κ2) is 3.20. The van der Waals surface area contributed by atoms with Gasteiger partial charge in [0.25, 0.3) is 0 Å². The zero-order valence-corrected chi connectivity index (χ0v) is 8.34. The maximum Gasteiger partial charge on any atom is 0.188 e. The smallest absolute Gasteiger partial charge is 0.188 e. The van der Waals surface area contributed by atoms with E-state index in [1.54, 1.807) is 0 Å². The summed E-state index contributed by atoms with van der Waals surface area (Å²) in [6.45, 7) is 3.86. The molecule has 3 heteroatoms. The molecule has 0 bridgehead atoms. The minimum absolute atomic E-state index is 0.583. The average Bonchev–Trinajstić information content (AvgIpc) is 2.95. The Labute approximate surface area is 79.8 Å². The third kappa shape index (κ3) is 1.95. The van der Waals surface area contributed by atoms with Crippen molar-refractivity contribution in [3.8, 4) is 0 Å². The van der Waals surface area contributed by atoms with Crippen LogP contribution in [0.1, 0.15) is 32.6 Å². The molecule has 3 N–H and O–H groups in total. The van der Waals surface area contributed by atoms with Gasteiger partial charge >= 0.3 is 0 Å². The number of nitrogens with two attached hydrogens (primary N) is 1. The Morgan fingerprint density at radius 1 is 1.54 bits per heavy atom. The maximum absolute atomic E-state index is 5.68. The Morgan fingerprint density at radius 3 is 2.69 bits per heavy atom. The molecule has 0 aromatic carbocycles. The van der Waals surface area contributed by atoms with Crippen molar-refractivity contribution in [1.29, 1.82) is 0 Å². The van der Waals surface area contributed by atoms with Crippen LogP contribution < -0.4 is 11.1 Å². The summed E-state index contributed by atoms with van der Waals surface area (Å²) in [5, 5.41) is 3.03. The summed E-state index contributed by atoms with van der Waals surface area (Å²) in [4.78, 5) is 4.39. The Hall–Kier alpha value is -0.730. The topological polar surface area (TPSA) is 50.4 Å². The molecule has 2 aliphatic rings. The number of hydrogen-bond acceptors (Lipinski definition) is 1. The molecule has 0 aliphatic heterocycles. The number of hydrogen-bond donors (Lipinski definition) is 2. The maximum atomic E-state index is 5.68. The monoisotopic (exact) mass is 181 g/mol. The highest BCUT2D eigenvalue weighted by Gasteiger charge is 2.53. The fourth-order valence-electron chi connectivity index (χ4n) is 2.03. The highest BCUT2D eigenvalue weighted by atomic mass is 15.1. The van der Waals surface area contributed by atoms with Crippen LogP contribution in [0.25, 0.3) is 0 Å². The molecule has 0 aromatic rings. The van der Waals surface area contributed by atoms with Crippen LogP contribution in [0.15, 0.2) is 4.99 Å². The summed E-state index contributed by atoms with van der Waals surface area (Å²) in [5.41, 5.74) is 6.26. The van der Waals surface area contributed by atoms with E-state index in [1.165, 1.54) is 25.7 Å². The lowest BCUT2D eigenvalue weighted by molar-refractivity contribution is 0.453. The molecule has 0 heterocycles. The number of guanidine groups is 1. The molecular formula is C10H19N3. The SMILES string of the molecule is CCNC(N)=NCC1(C2CC2)CC1. The highest BCUT2D eigenvalue weighted by Crippen LogP contribution is 2.61. The van der Waals surface area contributed by atoms with Gasteiger partial charge in [0.2, 0.25) is 0 Å². The first-order valence-electron chi connectivity index (χ1n) is 5.31. The molecule has 0 amide bonds. The van der Waals surface area contributed by atoms with E-state index in [2.05, 4.69) is 10.3 Å². The molecule has 0 saturated heterocycles. The van der Waals surface area contributed by atoms with E-state index in [0.717, 1.165) is 19.0 Å². The average molecular weight is 181 g/mol. The van der Waals surface area contributed by atoms with Crippen LogP contribution in [0.2, 0.25) is 0 Å². The largest absolute Gasteiger partial charge is 0.370 e. The number of nitrogens with one attached hydrogen (secondary N) is 1. The molecule has 13 heavy (non-hydrogen) atoms. The summed E-state index contributed by atoms with van der Waals surface area (Å²) in [6.07, 6.45) is 5.61. The van der Waals surface area contributed by atoms with E-state index >= 15 is 0 Å². The summed E-state index contributed by atoms with van der Waals surface area (Å²) >= 11 is 0. The number of nitrogens with zero attached hydrogens (tertiary/aromatic N) is 1. The van der Waals surface area contributed by atoms with Gasteiger partial charge in [-0.25, -0.2) is 0 Å². The summed E-state index contributed by atoms with van der Waals surface area (Å²) < 4.78 is 0. The number of aliphatic imine (C=N–C) groups is 1. The normalized spacial score (nSPS) is 25.8. The van der Waals surface area contributed by atoms with E-state index in [-0.39, 0.29) is 0 Å². The second-order valence-corrected chi connectivity index (χ2v) is 4.37. The Morgan fingerprint density at radius 2 is 2.23 bits per heavy atom. The van der Waals surface area contributed by atoms with Gasteiger partial charge in [0, 0.05) is 13.1 Å². The van der Waals surface area contributed by atoms with Crippen LogP contribution in [0, 0.1) is 11.3 Å². The second-order valence-electron chi connectivity index (χ2n) is 4.37. The van der Waals surface area contributed by atoms with Gasteiger partial charge in [-0.15, -0.1) is 0 Å². The fourth-order valence-corrected chi connectivity index (χ4v) is 2.03. The molecule has 0 atom stereocenters. The van der Waals surface area contributed by atoms with Gasteiger partial charge in [0.05, 0.1) is 0 Å². The number of rotatable bonds is 4. The van der Waals surface area contributed by atoms with Crippen molar-refractivity contribution in [2.24, 2.45) is 22.1 Å². The van der Waals surface area contributed by atoms with Crippen molar-refractivity contribution in [3.63, 3.8) is 0 Å². The Bertz CT molecular complexity index is 214. The van der Waals surface area contributed by atoms with Crippen LogP contribution in [0.5, 0.6) is 0 Å². The van der Waals surface area contributed by atoms with Crippen molar-refractivity contribution >= 4 is 5.96 Å². The predicted molar refractivity (Wildman–Crippen MR) is 54.6 cm³/mol. The van der Waals surface area contributed by atoms with Crippen LogP contribution in [-0.2, 0) is 0 Å². The minimum atomic E-state index is 0.583. The highest BCUT2D eigenvalue weighted by molar-refractivity contribution is 5.77. The van der Waals surface area contributed by atoms with Crippen LogP contribution in [0.4, 0.5) is 0 Å². The van der Waals surface area contributed by atoms with Gasteiger partial charge in [-0.05, 0) is 43.9 Å². The Kier molecular flexibility index (Phi) is 2.18. The fraction of sp³-hybridized carbons (Fsp3) is 0.900. The first-order valence-corrected chi connectivity index (χ1v) is 5.31. The van der Waals surface area contributed by atoms with Gasteiger partial charge in [-0.3, -0.25) is 4.99 Å². The molecule has 3 nitrogen and oxygen atoms in total. The van der Waals surface area contributed by atoms with Gasteiger partial charge in [-0.2, -0.15) is 0 Å². The standard InChI is InChI=1S/C10H19N3/c1-2-12-9(11)13-7-10(5-6-10)8-3-4-8/h8H,2-7H2,1H3,(H3,11,12,13). The lowest BCUT2D eigenvalue weighted by atomic mass is 10.0. The Balaban J connectivity index is 1.80. The zero-order chi connectivity index (χ0) is 9.31. The predicted octanol–water partition coefficient (Wildman–Crippen LogP) is 1.10. The van der Waals surface area contributed by atoms with Crippen LogP contribution >= 0.6 is 0 Å². The zero-order valence-electron chi connectivity index (χ0n) is 8.34. The van der Waals surface area contributed by atoms with E-state index < -0.39 is 0 Å². The van der Waals surface area contributed by atoms with Crippen molar-refractivity contribution in [1.82, 2.24) is 5.32 Å². The molecule has 2 rings (SSSR count). The van der Waals surface area contributed by atoms with Crippen molar-refractivity contribution in [3.05, 3.63) is 0 Å². The quantitative estimate of drug-likeness (QED) is 0.504. The van der Waals surface area contributed by atoms with E-state index in [9.17, 15) is 0 Å². The molecule has 2 aliphatic carbocycles.